The van der Waals surface area contributed by atoms with E-state index >= 15 is 0 Å². The van der Waals surface area contributed by atoms with Crippen molar-refractivity contribution < 1.29 is 0 Å². The third-order valence-corrected chi connectivity index (χ3v) is 6.85. The largest absolute Gasteiger partial charge is 0.385 e. The molecule has 4 aromatic rings. The first-order valence-corrected chi connectivity index (χ1v) is 13.0. The first-order chi connectivity index (χ1) is 19.5. The summed E-state index contributed by atoms with van der Waals surface area (Å²) in [5.74, 6) is 0.728. The van der Waals surface area contributed by atoms with Crippen molar-refractivity contribution in [1.82, 2.24) is 0 Å². The molecule has 4 aromatic carbocycles. The van der Waals surface area contributed by atoms with E-state index in [9.17, 15) is 0 Å². The Morgan fingerprint density at radius 1 is 0.825 bits per heavy atom. The Labute approximate surface area is 235 Å². The van der Waals surface area contributed by atoms with Crippen molar-refractivity contribution in [2.45, 2.75) is 6.92 Å². The molecule has 1 aliphatic rings. The molecular formula is C35H31N5. The maximum absolute atomic E-state index is 8.64. The van der Waals surface area contributed by atoms with Crippen LogP contribution in [0.3, 0.4) is 0 Å². The number of amidine groups is 2. The fourth-order valence-corrected chi connectivity index (χ4v) is 4.69. The van der Waals surface area contributed by atoms with Crippen molar-refractivity contribution in [2.75, 3.05) is 4.90 Å². The number of anilines is 1. The summed E-state index contributed by atoms with van der Waals surface area (Å²) < 4.78 is 0. The Morgan fingerprint density at radius 2 is 1.50 bits per heavy atom. The second-order valence-electron chi connectivity index (χ2n) is 9.37. The first kappa shape index (κ1) is 26.2. The molecule has 0 atom stereocenters. The van der Waals surface area contributed by atoms with E-state index in [1.165, 1.54) is 0 Å². The summed E-state index contributed by atoms with van der Waals surface area (Å²) in [6.45, 7) is 6.32. The average Bonchev–Trinajstić information content (AvgIpc) is 2.99. The van der Waals surface area contributed by atoms with Crippen molar-refractivity contribution in [1.29, 1.82) is 5.41 Å². The van der Waals surface area contributed by atoms with Crippen LogP contribution in [0.15, 0.2) is 144 Å². The Bertz CT molecular complexity index is 1690. The molecule has 0 aliphatic carbocycles. The number of aliphatic imine (C=N–C) groups is 1. The van der Waals surface area contributed by atoms with Gasteiger partial charge in [0.15, 0.2) is 5.84 Å². The molecule has 0 amide bonds. The van der Waals surface area contributed by atoms with Crippen LogP contribution in [0.1, 0.15) is 29.2 Å². The average molecular weight is 522 g/mol. The molecule has 0 bridgehead atoms. The minimum Gasteiger partial charge on any atom is -0.385 e. The van der Waals surface area contributed by atoms with E-state index in [-0.39, 0.29) is 11.7 Å². The molecule has 1 heterocycles. The van der Waals surface area contributed by atoms with Gasteiger partial charge in [0.1, 0.15) is 11.7 Å². The predicted octanol–water partition coefficient (Wildman–Crippen LogP) is 7.33. The third-order valence-electron chi connectivity index (χ3n) is 6.85. The molecule has 1 aliphatic heterocycles. The van der Waals surface area contributed by atoms with Crippen LogP contribution in [-0.4, -0.2) is 11.7 Å². The van der Waals surface area contributed by atoms with Crippen molar-refractivity contribution in [3.05, 3.63) is 162 Å². The van der Waals surface area contributed by atoms with Crippen molar-refractivity contribution in [3.63, 3.8) is 0 Å². The number of rotatable bonds is 5. The zero-order valence-electron chi connectivity index (χ0n) is 22.4. The van der Waals surface area contributed by atoms with Crippen LogP contribution < -0.4 is 16.4 Å². The van der Waals surface area contributed by atoms with Gasteiger partial charge in [-0.05, 0) is 53.0 Å². The van der Waals surface area contributed by atoms with Crippen LogP contribution in [-0.2, 0) is 0 Å². The molecule has 5 heteroatoms. The van der Waals surface area contributed by atoms with E-state index in [1.54, 1.807) is 12.2 Å². The zero-order chi connectivity index (χ0) is 28.1. The molecule has 0 spiro atoms. The van der Waals surface area contributed by atoms with Gasteiger partial charge in [-0.2, -0.15) is 0 Å². The summed E-state index contributed by atoms with van der Waals surface area (Å²) >= 11 is 0. The predicted molar refractivity (Wildman–Crippen MR) is 169 cm³/mol. The van der Waals surface area contributed by atoms with Gasteiger partial charge in [0.2, 0.25) is 0 Å². The van der Waals surface area contributed by atoms with Gasteiger partial charge in [0.05, 0.1) is 5.69 Å². The van der Waals surface area contributed by atoms with E-state index in [1.807, 2.05) is 84.8 Å². The molecule has 0 saturated carbocycles. The molecular weight excluding hydrogens is 490 g/mol. The third kappa shape index (κ3) is 5.40. The van der Waals surface area contributed by atoms with Crippen LogP contribution in [0.2, 0.25) is 0 Å². The minimum absolute atomic E-state index is 0.0239. The molecule has 5 rings (SSSR count). The van der Waals surface area contributed by atoms with Gasteiger partial charge < -0.3 is 16.4 Å². The quantitative estimate of drug-likeness (QED) is 0.146. The number of benzene rings is 4. The molecule has 40 heavy (non-hydrogen) atoms. The van der Waals surface area contributed by atoms with Gasteiger partial charge in [-0.15, -0.1) is 0 Å². The van der Waals surface area contributed by atoms with Crippen LogP contribution in [0.5, 0.6) is 0 Å². The number of hydrogen-bond donors (Lipinski definition) is 3. The highest BCUT2D eigenvalue weighted by molar-refractivity contribution is 6.10. The summed E-state index contributed by atoms with van der Waals surface area (Å²) in [5.41, 5.74) is 21.3. The first-order valence-electron chi connectivity index (χ1n) is 13.0. The van der Waals surface area contributed by atoms with E-state index < -0.39 is 0 Å². The fourth-order valence-electron chi connectivity index (χ4n) is 4.69. The lowest BCUT2D eigenvalue weighted by atomic mass is 9.90. The smallest absolute Gasteiger partial charge is 0.153 e. The molecule has 5 nitrogen and oxygen atoms in total. The number of fused-ring (bicyclic) bond motifs is 2. The molecule has 5 N–H and O–H groups in total. The number of allylic oxidation sites excluding steroid dienone is 1. The Morgan fingerprint density at radius 3 is 2.23 bits per heavy atom. The van der Waals surface area contributed by atoms with Gasteiger partial charge in [-0.25, -0.2) is 4.99 Å². The van der Waals surface area contributed by atoms with E-state index in [0.717, 1.165) is 44.6 Å². The topological polar surface area (TPSA) is 91.5 Å². The van der Waals surface area contributed by atoms with Gasteiger partial charge in [0, 0.05) is 22.9 Å². The van der Waals surface area contributed by atoms with E-state index in [4.69, 9.17) is 16.9 Å². The normalized spacial score (nSPS) is 14.6. The number of nitrogens with zero attached hydrogens (tertiary/aromatic N) is 2. The van der Waals surface area contributed by atoms with Crippen molar-refractivity contribution in [3.8, 4) is 11.1 Å². The molecule has 0 unspecified atom stereocenters. The number of nitrogens with one attached hydrogen (secondary N) is 1. The van der Waals surface area contributed by atoms with Gasteiger partial charge in [-0.1, -0.05) is 110 Å². The molecule has 0 fully saturated rings. The fraction of sp³-hybridized carbons (Fsp3) is 0.0286. The second-order valence-corrected chi connectivity index (χ2v) is 9.37. The Hall–Kier alpha value is -5.42. The lowest BCUT2D eigenvalue weighted by Crippen LogP contribution is -2.24. The zero-order valence-corrected chi connectivity index (χ0v) is 22.4. The van der Waals surface area contributed by atoms with Crippen LogP contribution >= 0.6 is 0 Å². The monoisotopic (exact) mass is 521 g/mol. The highest BCUT2D eigenvalue weighted by atomic mass is 15.2. The summed E-state index contributed by atoms with van der Waals surface area (Å²) in [5, 5.41) is 8.64. The van der Waals surface area contributed by atoms with Crippen molar-refractivity contribution >= 4 is 29.0 Å². The summed E-state index contributed by atoms with van der Waals surface area (Å²) in [6.07, 6.45) is 7.55. The van der Waals surface area contributed by atoms with Crippen LogP contribution in [0.25, 0.3) is 22.8 Å². The number of nitrogens with two attached hydrogens (primary N) is 2. The Balaban J connectivity index is 1.59. The maximum atomic E-state index is 8.64. The second kappa shape index (κ2) is 11.5. The lowest BCUT2D eigenvalue weighted by Gasteiger charge is -2.28. The summed E-state index contributed by atoms with van der Waals surface area (Å²) in [4.78, 5) is 6.28. The minimum atomic E-state index is 0.0239. The van der Waals surface area contributed by atoms with Crippen LogP contribution in [0.4, 0.5) is 5.69 Å². The standard InChI is InChI=1S/C35H31N5/c1-3-25(34(37)39-35(38)28-15-8-5-9-16-28)23-33(36)40-21-20-27-14-10-11-17-30(27)24(2)31-19-18-29(22-32(31)40)26-12-6-4-7-13-26/h3-23H,2,36H2,1H3,(H3,37,38,39)/b21-20-,25-3+,33-23+. The van der Waals surface area contributed by atoms with E-state index in [2.05, 4.69) is 54.0 Å². The van der Waals surface area contributed by atoms with Gasteiger partial charge in [-0.3, -0.25) is 5.41 Å². The van der Waals surface area contributed by atoms with E-state index in [0.29, 0.717) is 11.4 Å². The molecule has 0 aromatic heterocycles. The van der Waals surface area contributed by atoms with Gasteiger partial charge in [0.25, 0.3) is 0 Å². The molecule has 0 radical (unpaired) electrons. The molecule has 0 saturated heterocycles. The number of hydrogen-bond acceptors (Lipinski definition) is 3. The maximum Gasteiger partial charge on any atom is 0.153 e. The summed E-state index contributed by atoms with van der Waals surface area (Å²) in [7, 11) is 0. The highest BCUT2D eigenvalue weighted by Gasteiger charge is 2.20. The van der Waals surface area contributed by atoms with Gasteiger partial charge >= 0.3 is 0 Å². The highest BCUT2D eigenvalue weighted by Crippen LogP contribution is 2.38. The Kier molecular flexibility index (Phi) is 7.56. The summed E-state index contributed by atoms with van der Waals surface area (Å²) in [6, 6.07) is 34.2. The molecule has 196 valence electrons. The van der Waals surface area contributed by atoms with Crippen LogP contribution in [0, 0.1) is 5.41 Å². The van der Waals surface area contributed by atoms with Crippen molar-refractivity contribution in [2.24, 2.45) is 16.5 Å². The lowest BCUT2D eigenvalue weighted by molar-refractivity contribution is 1.11. The SMILES string of the molecule is C=C1c2ccccc2/C=C\N(/C(N)=C/C(=C\C)C(=N)N=C(N)c2ccccc2)c2cc(-c3ccccc3)ccc21.